The fraction of sp³-hybridized carbons (Fsp3) is 0.385. The van der Waals surface area contributed by atoms with E-state index in [4.69, 9.17) is 5.73 Å². The predicted octanol–water partition coefficient (Wildman–Crippen LogP) is 0.470. The molecule has 1 rings (SSSR count). The topological polar surface area (TPSA) is 75.4 Å². The number of nitrogens with two attached hydrogens (primary N) is 1. The number of nitrogens with one attached hydrogen (secondary N) is 1. The number of carbonyl (C=O) groups excluding carboxylic acids is 2. The van der Waals surface area contributed by atoms with Crippen LogP contribution in [0.15, 0.2) is 30.3 Å². The maximum Gasteiger partial charge on any atom is 0.248 e. The van der Waals surface area contributed by atoms with Crippen LogP contribution < -0.4 is 11.1 Å². The summed E-state index contributed by atoms with van der Waals surface area (Å²) in [6, 6.07) is 8.76. The summed E-state index contributed by atoms with van der Waals surface area (Å²) in [7, 11) is 4.03. The number of hydrogen-bond donors (Lipinski definition) is 2. The van der Waals surface area contributed by atoms with Crippen LogP contribution in [0.2, 0.25) is 0 Å². The van der Waals surface area contributed by atoms with Gasteiger partial charge < -0.3 is 16.0 Å². The monoisotopic (exact) mass is 251 g/mol. The van der Waals surface area contributed by atoms with Gasteiger partial charge in [0.15, 0.2) is 0 Å². The van der Waals surface area contributed by atoms with Crippen LogP contribution in [-0.2, 0) is 4.79 Å². The molecule has 0 spiro atoms. The summed E-state index contributed by atoms with van der Waals surface area (Å²) in [4.78, 5) is 22.2. The van der Waals surface area contributed by atoms with Crippen LogP contribution >= 0.6 is 0 Å². The first-order valence-electron chi connectivity index (χ1n) is 5.74. The van der Waals surface area contributed by atoms with E-state index in [1.54, 1.807) is 24.3 Å². The van der Waals surface area contributed by atoms with Crippen molar-refractivity contribution in [1.82, 2.24) is 10.2 Å². The largest absolute Gasteiger partial charge is 0.366 e. The van der Waals surface area contributed by atoms with Gasteiger partial charge in [0.2, 0.25) is 12.3 Å². The van der Waals surface area contributed by atoms with E-state index in [-0.39, 0.29) is 5.91 Å². The average Bonchev–Trinajstić information content (AvgIpc) is 2.36. The molecule has 0 saturated heterocycles. The van der Waals surface area contributed by atoms with Crippen molar-refractivity contribution in [3.8, 4) is 0 Å². The lowest BCUT2D eigenvalue weighted by Gasteiger charge is -2.07. The molecule has 0 aromatic heterocycles. The van der Waals surface area contributed by atoms with Gasteiger partial charge in [0.25, 0.3) is 0 Å². The highest BCUT2D eigenvalue weighted by Crippen LogP contribution is 1.94. The number of nitrogens with zero attached hydrogens (tertiary/aromatic N) is 1. The number of hydrogen-bond acceptors (Lipinski definition) is 3. The van der Waals surface area contributed by atoms with Crippen molar-refractivity contribution in [2.24, 2.45) is 5.73 Å². The zero-order valence-corrected chi connectivity index (χ0v) is 10.9. The van der Waals surface area contributed by atoms with Gasteiger partial charge in [0.1, 0.15) is 0 Å². The number of primary amides is 1. The predicted molar refractivity (Wildman–Crippen MR) is 72.2 cm³/mol. The third-order valence-corrected chi connectivity index (χ3v) is 2.07. The highest BCUT2D eigenvalue weighted by Gasteiger charge is 1.93. The van der Waals surface area contributed by atoms with E-state index in [0.29, 0.717) is 5.56 Å². The number of rotatable bonds is 6. The first-order chi connectivity index (χ1) is 8.57. The van der Waals surface area contributed by atoms with Gasteiger partial charge in [-0.3, -0.25) is 9.59 Å². The highest BCUT2D eigenvalue weighted by molar-refractivity contribution is 5.92. The summed E-state index contributed by atoms with van der Waals surface area (Å²) in [5.41, 5.74) is 5.53. The SMILES string of the molecule is CN(C)CCCNC=O.NC(=O)c1ccccc1. The van der Waals surface area contributed by atoms with Crippen molar-refractivity contribution in [1.29, 1.82) is 0 Å². The molecule has 0 aliphatic carbocycles. The van der Waals surface area contributed by atoms with Crippen molar-refractivity contribution < 1.29 is 9.59 Å². The van der Waals surface area contributed by atoms with E-state index in [0.717, 1.165) is 25.9 Å². The van der Waals surface area contributed by atoms with E-state index in [1.165, 1.54) is 0 Å². The summed E-state index contributed by atoms with van der Waals surface area (Å²) in [5, 5.41) is 2.60. The Morgan fingerprint density at radius 2 is 1.94 bits per heavy atom. The lowest BCUT2D eigenvalue weighted by molar-refractivity contribution is -0.109. The standard InChI is InChI=1S/C7H7NO.C6H14N2O/c8-7(9)6-4-2-1-3-5-6;1-8(2)5-3-4-7-6-9/h1-5H,(H2,8,9);6H,3-5H2,1-2H3,(H,7,9). The van der Waals surface area contributed by atoms with Crippen molar-refractivity contribution >= 4 is 12.3 Å². The Kier molecular flexibility index (Phi) is 9.21. The Hall–Kier alpha value is -1.88. The number of amides is 2. The Labute approximate surface area is 108 Å². The molecule has 100 valence electrons. The van der Waals surface area contributed by atoms with Crippen molar-refractivity contribution in [3.63, 3.8) is 0 Å². The second-order valence-electron chi connectivity index (χ2n) is 3.96. The maximum atomic E-state index is 10.4. The molecule has 0 unspecified atom stereocenters. The summed E-state index contributed by atoms with van der Waals surface area (Å²) in [6.07, 6.45) is 1.75. The van der Waals surface area contributed by atoms with Crippen LogP contribution in [-0.4, -0.2) is 44.4 Å². The molecule has 0 bridgehead atoms. The van der Waals surface area contributed by atoms with Crippen LogP contribution in [0.4, 0.5) is 0 Å². The van der Waals surface area contributed by atoms with Crippen molar-refractivity contribution in [2.75, 3.05) is 27.2 Å². The molecule has 3 N–H and O–H groups in total. The minimum absolute atomic E-state index is 0.379. The van der Waals surface area contributed by atoms with E-state index in [1.807, 2.05) is 20.2 Å². The Bertz CT molecular complexity index is 339. The Morgan fingerprint density at radius 1 is 1.33 bits per heavy atom. The van der Waals surface area contributed by atoms with Crippen molar-refractivity contribution in [2.45, 2.75) is 6.42 Å². The molecule has 0 aliphatic rings. The fourth-order valence-corrected chi connectivity index (χ4v) is 1.16. The summed E-state index contributed by atoms with van der Waals surface area (Å²) >= 11 is 0. The molecule has 0 aliphatic heterocycles. The molecule has 0 radical (unpaired) electrons. The lowest BCUT2D eigenvalue weighted by Crippen LogP contribution is -2.19. The van der Waals surface area contributed by atoms with Crippen LogP contribution in [0.1, 0.15) is 16.8 Å². The average molecular weight is 251 g/mol. The first-order valence-corrected chi connectivity index (χ1v) is 5.74. The minimum atomic E-state index is -0.379. The second-order valence-corrected chi connectivity index (χ2v) is 3.96. The van der Waals surface area contributed by atoms with Crippen LogP contribution in [0.3, 0.4) is 0 Å². The normalized spacial score (nSPS) is 9.28. The zero-order valence-electron chi connectivity index (χ0n) is 10.9. The van der Waals surface area contributed by atoms with Gasteiger partial charge >= 0.3 is 0 Å². The molecule has 0 atom stereocenters. The van der Waals surface area contributed by atoms with E-state index < -0.39 is 0 Å². The van der Waals surface area contributed by atoms with Crippen LogP contribution in [0, 0.1) is 0 Å². The van der Waals surface area contributed by atoms with Crippen LogP contribution in [0.25, 0.3) is 0 Å². The summed E-state index contributed by atoms with van der Waals surface area (Å²) < 4.78 is 0. The first kappa shape index (κ1) is 16.1. The number of benzene rings is 1. The smallest absolute Gasteiger partial charge is 0.248 e. The fourth-order valence-electron chi connectivity index (χ4n) is 1.16. The Balaban J connectivity index is 0.000000321. The number of carbonyl (C=O) groups is 2. The van der Waals surface area contributed by atoms with Gasteiger partial charge in [-0.25, -0.2) is 0 Å². The molecule has 5 nitrogen and oxygen atoms in total. The molecule has 0 fully saturated rings. The molecular formula is C13H21N3O2. The minimum Gasteiger partial charge on any atom is -0.366 e. The quantitative estimate of drug-likeness (QED) is 0.570. The molecule has 2 amide bonds. The molecule has 0 heterocycles. The molecule has 0 saturated carbocycles. The van der Waals surface area contributed by atoms with Gasteiger partial charge in [0.05, 0.1) is 0 Å². The van der Waals surface area contributed by atoms with Gasteiger partial charge in [-0.05, 0) is 39.2 Å². The van der Waals surface area contributed by atoms with Gasteiger partial charge in [-0.2, -0.15) is 0 Å². The second kappa shape index (κ2) is 10.3. The van der Waals surface area contributed by atoms with Crippen molar-refractivity contribution in [3.05, 3.63) is 35.9 Å². The van der Waals surface area contributed by atoms with Gasteiger partial charge in [-0.15, -0.1) is 0 Å². The third-order valence-electron chi connectivity index (χ3n) is 2.07. The van der Waals surface area contributed by atoms with Gasteiger partial charge in [-0.1, -0.05) is 18.2 Å². The maximum absolute atomic E-state index is 10.4. The third kappa shape index (κ3) is 9.35. The van der Waals surface area contributed by atoms with E-state index >= 15 is 0 Å². The molecule has 1 aromatic rings. The van der Waals surface area contributed by atoms with Gasteiger partial charge in [0, 0.05) is 12.1 Å². The summed E-state index contributed by atoms with van der Waals surface area (Å²) in [6.45, 7) is 1.81. The zero-order chi connectivity index (χ0) is 13.8. The molecule has 18 heavy (non-hydrogen) atoms. The van der Waals surface area contributed by atoms with E-state index in [2.05, 4.69) is 10.2 Å². The molecule has 1 aromatic carbocycles. The van der Waals surface area contributed by atoms with E-state index in [9.17, 15) is 9.59 Å². The molecular weight excluding hydrogens is 230 g/mol. The lowest BCUT2D eigenvalue weighted by atomic mass is 10.2. The Morgan fingerprint density at radius 3 is 2.33 bits per heavy atom. The molecule has 5 heteroatoms. The van der Waals surface area contributed by atoms with Crippen LogP contribution in [0.5, 0.6) is 0 Å². The highest BCUT2D eigenvalue weighted by atomic mass is 16.1. The summed E-state index contributed by atoms with van der Waals surface area (Å²) in [5.74, 6) is -0.379.